The van der Waals surface area contributed by atoms with E-state index < -0.39 is 0 Å². The zero-order valence-electron chi connectivity index (χ0n) is 14.0. The van der Waals surface area contributed by atoms with Gasteiger partial charge >= 0.3 is 0 Å². The highest BCUT2D eigenvalue weighted by Gasteiger charge is 2.04. The van der Waals surface area contributed by atoms with Crippen molar-refractivity contribution in [3.63, 3.8) is 0 Å². The van der Waals surface area contributed by atoms with Gasteiger partial charge in [-0.25, -0.2) is 0 Å². The molecule has 0 aromatic heterocycles. The molecule has 0 aliphatic carbocycles. The minimum atomic E-state index is 0.660. The van der Waals surface area contributed by atoms with Crippen molar-refractivity contribution < 1.29 is 0 Å². The normalized spacial score (nSPS) is 13.4. The molecule has 0 unspecified atom stereocenters. The summed E-state index contributed by atoms with van der Waals surface area (Å²) < 4.78 is 0. The fraction of sp³-hybridized carbons (Fsp3) is 1.00. The summed E-state index contributed by atoms with van der Waals surface area (Å²) in [7, 11) is 0. The van der Waals surface area contributed by atoms with Crippen molar-refractivity contribution in [3.05, 3.63) is 0 Å². The summed E-state index contributed by atoms with van der Waals surface area (Å²) in [5.41, 5.74) is 0. The first-order chi connectivity index (χ1) is 9.17. The maximum absolute atomic E-state index is 3.65. The van der Waals surface area contributed by atoms with Crippen molar-refractivity contribution in [2.75, 3.05) is 45.8 Å². The van der Waals surface area contributed by atoms with E-state index in [4.69, 9.17) is 0 Å². The van der Waals surface area contributed by atoms with E-state index in [-0.39, 0.29) is 0 Å². The molecular weight excluding hydrogens is 234 g/mol. The Morgan fingerprint density at radius 1 is 0.789 bits per heavy atom. The highest BCUT2D eigenvalue weighted by Crippen LogP contribution is 2.00. The van der Waals surface area contributed by atoms with Gasteiger partial charge in [0.25, 0.3) is 0 Å². The first-order valence-electron chi connectivity index (χ1n) is 8.35. The molecule has 1 N–H and O–H groups in total. The summed E-state index contributed by atoms with van der Waals surface area (Å²) >= 11 is 0. The van der Waals surface area contributed by atoms with E-state index in [9.17, 15) is 0 Å². The number of rotatable bonds is 13. The summed E-state index contributed by atoms with van der Waals surface area (Å²) in [6.45, 7) is 19.7. The molecule has 0 heterocycles. The Kier molecular flexibility index (Phi) is 12.8. The van der Waals surface area contributed by atoms with Crippen LogP contribution in [0.4, 0.5) is 0 Å². The maximum Gasteiger partial charge on any atom is 0.00392 e. The summed E-state index contributed by atoms with van der Waals surface area (Å²) in [5.74, 6) is 0. The van der Waals surface area contributed by atoms with Crippen LogP contribution in [0.25, 0.3) is 0 Å². The van der Waals surface area contributed by atoms with Crippen molar-refractivity contribution in [2.24, 2.45) is 0 Å². The molecule has 3 heteroatoms. The standard InChI is InChI=1S/C16H37N3/c1-6-18(7-2)14-10-12-16(5)17-13-11-15-19(8-3)9-4/h16-17H,6-15H2,1-5H3/t16-/m0/s1. The first kappa shape index (κ1) is 18.9. The highest BCUT2D eigenvalue weighted by atomic mass is 15.1. The smallest absolute Gasteiger partial charge is 0.00392 e. The Labute approximate surface area is 121 Å². The second-order valence-corrected chi connectivity index (χ2v) is 5.40. The molecule has 0 spiro atoms. The van der Waals surface area contributed by atoms with Gasteiger partial charge in [-0.1, -0.05) is 27.7 Å². The van der Waals surface area contributed by atoms with E-state index in [0.29, 0.717) is 6.04 Å². The molecule has 1 atom stereocenters. The van der Waals surface area contributed by atoms with Crippen LogP contribution in [0.3, 0.4) is 0 Å². The summed E-state index contributed by atoms with van der Waals surface area (Å²) in [5, 5.41) is 3.65. The van der Waals surface area contributed by atoms with E-state index in [2.05, 4.69) is 49.7 Å². The summed E-state index contributed by atoms with van der Waals surface area (Å²) in [6.07, 6.45) is 3.87. The molecule has 0 amide bonds. The van der Waals surface area contributed by atoms with Gasteiger partial charge in [0.15, 0.2) is 0 Å². The van der Waals surface area contributed by atoms with Crippen LogP contribution >= 0.6 is 0 Å². The Hall–Kier alpha value is -0.120. The fourth-order valence-corrected chi connectivity index (χ4v) is 2.45. The van der Waals surface area contributed by atoms with E-state index in [0.717, 1.165) is 6.54 Å². The van der Waals surface area contributed by atoms with Crippen LogP contribution in [-0.4, -0.2) is 61.7 Å². The quantitative estimate of drug-likeness (QED) is 0.520. The lowest BCUT2D eigenvalue weighted by Gasteiger charge is -2.21. The van der Waals surface area contributed by atoms with E-state index in [1.54, 1.807) is 0 Å². The van der Waals surface area contributed by atoms with Crippen molar-refractivity contribution in [1.82, 2.24) is 15.1 Å². The van der Waals surface area contributed by atoms with Gasteiger partial charge in [-0.15, -0.1) is 0 Å². The molecular formula is C16H37N3. The molecule has 19 heavy (non-hydrogen) atoms. The van der Waals surface area contributed by atoms with Gasteiger partial charge in [-0.3, -0.25) is 0 Å². The van der Waals surface area contributed by atoms with Crippen LogP contribution in [0.5, 0.6) is 0 Å². The van der Waals surface area contributed by atoms with Crippen LogP contribution in [0.1, 0.15) is 53.9 Å². The third-order valence-electron chi connectivity index (χ3n) is 4.04. The second-order valence-electron chi connectivity index (χ2n) is 5.40. The molecule has 0 saturated carbocycles. The van der Waals surface area contributed by atoms with Gasteiger partial charge in [0.05, 0.1) is 0 Å². The van der Waals surface area contributed by atoms with Gasteiger partial charge in [-0.05, 0) is 72.0 Å². The number of hydrogen-bond acceptors (Lipinski definition) is 3. The van der Waals surface area contributed by atoms with Gasteiger partial charge in [-0.2, -0.15) is 0 Å². The van der Waals surface area contributed by atoms with Crippen LogP contribution in [-0.2, 0) is 0 Å². The first-order valence-corrected chi connectivity index (χ1v) is 8.35. The van der Waals surface area contributed by atoms with Crippen molar-refractivity contribution >= 4 is 0 Å². The van der Waals surface area contributed by atoms with E-state index in [1.165, 1.54) is 58.5 Å². The minimum Gasteiger partial charge on any atom is -0.314 e. The molecule has 0 bridgehead atoms. The average molecular weight is 271 g/mol. The topological polar surface area (TPSA) is 18.5 Å². The summed E-state index contributed by atoms with van der Waals surface area (Å²) in [6, 6.07) is 0.660. The lowest BCUT2D eigenvalue weighted by molar-refractivity contribution is 0.285. The lowest BCUT2D eigenvalue weighted by Crippen LogP contribution is -2.32. The predicted octanol–water partition coefficient (Wildman–Crippen LogP) is 2.82. The van der Waals surface area contributed by atoms with Crippen LogP contribution in [0, 0.1) is 0 Å². The monoisotopic (exact) mass is 271 g/mol. The number of nitrogens with one attached hydrogen (secondary N) is 1. The molecule has 0 aromatic carbocycles. The Morgan fingerprint density at radius 2 is 1.26 bits per heavy atom. The molecule has 0 aliphatic heterocycles. The average Bonchev–Trinajstić information content (AvgIpc) is 2.44. The Morgan fingerprint density at radius 3 is 1.74 bits per heavy atom. The lowest BCUT2D eigenvalue weighted by atomic mass is 10.1. The van der Waals surface area contributed by atoms with Crippen molar-refractivity contribution in [3.8, 4) is 0 Å². The predicted molar refractivity (Wildman–Crippen MR) is 86.9 cm³/mol. The largest absolute Gasteiger partial charge is 0.314 e. The third kappa shape index (κ3) is 10.3. The molecule has 116 valence electrons. The van der Waals surface area contributed by atoms with Gasteiger partial charge in [0.2, 0.25) is 0 Å². The van der Waals surface area contributed by atoms with E-state index >= 15 is 0 Å². The van der Waals surface area contributed by atoms with Crippen LogP contribution < -0.4 is 5.32 Å². The zero-order valence-corrected chi connectivity index (χ0v) is 14.0. The Balaban J connectivity index is 3.46. The SMILES string of the molecule is CCN(CC)CCCN[C@@H](C)CCCN(CC)CC. The summed E-state index contributed by atoms with van der Waals surface area (Å²) in [4.78, 5) is 5.00. The molecule has 0 saturated heterocycles. The zero-order chi connectivity index (χ0) is 14.5. The second kappa shape index (κ2) is 12.9. The molecule has 0 radical (unpaired) electrons. The third-order valence-corrected chi connectivity index (χ3v) is 4.04. The fourth-order valence-electron chi connectivity index (χ4n) is 2.45. The van der Waals surface area contributed by atoms with Crippen molar-refractivity contribution in [1.29, 1.82) is 0 Å². The van der Waals surface area contributed by atoms with Crippen LogP contribution in [0.2, 0.25) is 0 Å². The van der Waals surface area contributed by atoms with E-state index in [1.807, 2.05) is 0 Å². The van der Waals surface area contributed by atoms with Gasteiger partial charge in [0.1, 0.15) is 0 Å². The minimum absolute atomic E-state index is 0.660. The van der Waals surface area contributed by atoms with Crippen molar-refractivity contribution in [2.45, 2.75) is 59.9 Å². The Bertz CT molecular complexity index is 177. The molecule has 0 aromatic rings. The molecule has 0 fully saturated rings. The van der Waals surface area contributed by atoms with Gasteiger partial charge < -0.3 is 15.1 Å². The number of hydrogen-bond donors (Lipinski definition) is 1. The highest BCUT2D eigenvalue weighted by molar-refractivity contribution is 4.64. The molecule has 0 rings (SSSR count). The molecule has 3 nitrogen and oxygen atoms in total. The molecule has 0 aliphatic rings. The van der Waals surface area contributed by atoms with Crippen LogP contribution in [0.15, 0.2) is 0 Å². The maximum atomic E-state index is 3.65. The number of nitrogens with zero attached hydrogens (tertiary/aromatic N) is 2. The van der Waals surface area contributed by atoms with Gasteiger partial charge in [0, 0.05) is 6.04 Å².